The number of fused-ring (bicyclic) bond motifs is 2. The summed E-state index contributed by atoms with van der Waals surface area (Å²) in [7, 11) is 0. The molecule has 3 nitrogen and oxygen atoms in total. The maximum absolute atomic E-state index is 13.4. The van der Waals surface area contributed by atoms with Gasteiger partial charge >= 0.3 is 0 Å². The van der Waals surface area contributed by atoms with E-state index < -0.39 is 5.41 Å². The predicted molar refractivity (Wildman–Crippen MR) is 86.3 cm³/mol. The van der Waals surface area contributed by atoms with Gasteiger partial charge in [-0.15, -0.1) is 0 Å². The Labute approximate surface area is 136 Å². The molecule has 2 aliphatic carbocycles. The molecule has 1 saturated heterocycles. The highest BCUT2D eigenvalue weighted by atomic mass is 79.9. The van der Waals surface area contributed by atoms with Gasteiger partial charge in [0, 0.05) is 18.5 Å². The Balaban J connectivity index is 2.00. The maximum Gasteiger partial charge on any atom is 0.230 e. The Morgan fingerprint density at radius 1 is 1.29 bits per heavy atom. The van der Waals surface area contributed by atoms with E-state index in [4.69, 9.17) is 0 Å². The molecule has 4 heteroatoms. The van der Waals surface area contributed by atoms with Crippen molar-refractivity contribution < 1.29 is 9.59 Å². The molecule has 3 rings (SSSR count). The van der Waals surface area contributed by atoms with Crippen molar-refractivity contribution in [3.05, 3.63) is 0 Å². The first-order chi connectivity index (χ1) is 9.68. The number of rotatable bonds is 1. The van der Waals surface area contributed by atoms with Crippen molar-refractivity contribution in [2.75, 3.05) is 13.1 Å². The molecule has 0 N–H and O–H groups in total. The summed E-state index contributed by atoms with van der Waals surface area (Å²) in [5.74, 6) is 1.02. The Morgan fingerprint density at radius 2 is 1.95 bits per heavy atom. The van der Waals surface area contributed by atoms with E-state index in [0.29, 0.717) is 5.92 Å². The van der Waals surface area contributed by atoms with Gasteiger partial charge in [0.15, 0.2) is 5.78 Å². The van der Waals surface area contributed by atoms with Crippen LogP contribution in [0, 0.1) is 22.2 Å². The lowest BCUT2D eigenvalue weighted by Gasteiger charge is -2.44. The van der Waals surface area contributed by atoms with E-state index in [0.717, 1.165) is 32.4 Å². The number of ketones is 1. The minimum atomic E-state index is -0.546. The molecule has 3 aliphatic rings. The number of carbonyl (C=O) groups is 2. The number of hydrogen-bond donors (Lipinski definition) is 0. The molecule has 0 aromatic rings. The standard InChI is InChI=1S/C17H26BrNO2/c1-11-6-5-9-19(10-11)14(21)17-8-7-16(4,15(17,2)3)13(20)12(17)18/h11-12H,5-10H2,1-4H3. The monoisotopic (exact) mass is 355 g/mol. The number of nitrogens with zero attached hydrogens (tertiary/aromatic N) is 1. The van der Waals surface area contributed by atoms with Crippen molar-refractivity contribution >= 4 is 27.6 Å². The number of likely N-dealkylation sites (tertiary alicyclic amines) is 1. The molecule has 3 fully saturated rings. The van der Waals surface area contributed by atoms with Gasteiger partial charge in [-0.25, -0.2) is 0 Å². The Hall–Kier alpha value is -0.380. The van der Waals surface area contributed by atoms with Crippen LogP contribution in [-0.4, -0.2) is 34.5 Å². The zero-order chi connectivity index (χ0) is 15.6. The highest BCUT2D eigenvalue weighted by Gasteiger charge is 2.77. The average molecular weight is 356 g/mol. The molecule has 1 heterocycles. The zero-order valence-electron chi connectivity index (χ0n) is 13.5. The smallest absolute Gasteiger partial charge is 0.230 e. The number of carbonyl (C=O) groups excluding carboxylic acids is 2. The zero-order valence-corrected chi connectivity index (χ0v) is 15.1. The van der Waals surface area contributed by atoms with Gasteiger partial charge in [0.2, 0.25) is 5.91 Å². The summed E-state index contributed by atoms with van der Waals surface area (Å²) in [6.45, 7) is 10.2. The summed E-state index contributed by atoms with van der Waals surface area (Å²) in [6, 6.07) is 0. The van der Waals surface area contributed by atoms with Gasteiger partial charge in [0.05, 0.1) is 10.2 Å². The number of hydrogen-bond acceptors (Lipinski definition) is 2. The number of alkyl halides is 1. The SMILES string of the molecule is CC1CCCN(C(=O)C23CCC(C)(C(=O)C2Br)C3(C)C)C1. The molecule has 4 atom stereocenters. The molecule has 0 radical (unpaired) electrons. The summed E-state index contributed by atoms with van der Waals surface area (Å²) in [6.07, 6.45) is 3.97. The van der Waals surface area contributed by atoms with Gasteiger partial charge in [-0.3, -0.25) is 9.59 Å². The van der Waals surface area contributed by atoms with E-state index in [2.05, 4.69) is 43.6 Å². The first kappa shape index (κ1) is 15.5. The first-order valence-electron chi connectivity index (χ1n) is 8.16. The van der Waals surface area contributed by atoms with Crippen molar-refractivity contribution in [3.63, 3.8) is 0 Å². The first-order valence-corrected chi connectivity index (χ1v) is 9.08. The molecule has 2 saturated carbocycles. The Bertz CT molecular complexity index is 503. The van der Waals surface area contributed by atoms with E-state index in [-0.39, 0.29) is 27.3 Å². The van der Waals surface area contributed by atoms with E-state index in [9.17, 15) is 9.59 Å². The van der Waals surface area contributed by atoms with Crippen LogP contribution in [-0.2, 0) is 9.59 Å². The number of piperidine rings is 1. The van der Waals surface area contributed by atoms with Crippen molar-refractivity contribution in [2.24, 2.45) is 22.2 Å². The van der Waals surface area contributed by atoms with Crippen molar-refractivity contribution in [1.29, 1.82) is 0 Å². The largest absolute Gasteiger partial charge is 0.342 e. The fraction of sp³-hybridized carbons (Fsp3) is 0.882. The molecule has 0 aromatic carbocycles. The molecule has 2 bridgehead atoms. The summed E-state index contributed by atoms with van der Waals surface area (Å²) < 4.78 is 0. The van der Waals surface area contributed by atoms with E-state index in [1.165, 1.54) is 6.42 Å². The third kappa shape index (κ3) is 1.66. The molecule has 21 heavy (non-hydrogen) atoms. The van der Waals surface area contributed by atoms with Crippen LogP contribution in [0.4, 0.5) is 0 Å². The fourth-order valence-corrected chi connectivity index (χ4v) is 6.58. The van der Waals surface area contributed by atoms with Crippen molar-refractivity contribution in [3.8, 4) is 0 Å². The lowest BCUT2D eigenvalue weighted by atomic mass is 9.64. The van der Waals surface area contributed by atoms with E-state index in [1.54, 1.807) is 0 Å². The highest BCUT2D eigenvalue weighted by Crippen LogP contribution is 2.72. The highest BCUT2D eigenvalue weighted by molar-refractivity contribution is 9.10. The van der Waals surface area contributed by atoms with Crippen LogP contribution < -0.4 is 0 Å². The van der Waals surface area contributed by atoms with Gasteiger partial charge in [-0.05, 0) is 37.0 Å². The van der Waals surface area contributed by atoms with Crippen LogP contribution in [0.5, 0.6) is 0 Å². The van der Waals surface area contributed by atoms with Gasteiger partial charge < -0.3 is 4.90 Å². The summed E-state index contributed by atoms with van der Waals surface area (Å²) in [5.41, 5.74) is -1.18. The van der Waals surface area contributed by atoms with Gasteiger partial charge in [0.1, 0.15) is 0 Å². The minimum Gasteiger partial charge on any atom is -0.342 e. The third-order valence-corrected chi connectivity index (χ3v) is 8.24. The quantitative estimate of drug-likeness (QED) is 0.676. The van der Waals surface area contributed by atoms with Crippen molar-refractivity contribution in [1.82, 2.24) is 4.90 Å². The lowest BCUT2D eigenvalue weighted by molar-refractivity contribution is -0.149. The van der Waals surface area contributed by atoms with Crippen LogP contribution in [0.1, 0.15) is 53.4 Å². The average Bonchev–Trinajstić information content (AvgIpc) is 2.70. The van der Waals surface area contributed by atoms with Gasteiger partial charge in [-0.1, -0.05) is 43.6 Å². The summed E-state index contributed by atoms with van der Waals surface area (Å²) in [4.78, 5) is 27.8. The fourth-order valence-electron chi connectivity index (χ4n) is 5.08. The molecule has 118 valence electrons. The minimum absolute atomic E-state index is 0.218. The predicted octanol–water partition coefficient (Wildman–Crippen LogP) is 3.40. The summed E-state index contributed by atoms with van der Waals surface area (Å²) in [5, 5.41) is 0. The Kier molecular flexibility index (Phi) is 3.37. The molecule has 0 aromatic heterocycles. The number of halogens is 1. The molecule has 1 amide bonds. The topological polar surface area (TPSA) is 37.4 Å². The van der Waals surface area contributed by atoms with Crippen LogP contribution in [0.15, 0.2) is 0 Å². The molecular formula is C17H26BrNO2. The second-order valence-electron chi connectivity index (χ2n) is 8.15. The van der Waals surface area contributed by atoms with Gasteiger partial charge in [0.25, 0.3) is 0 Å². The molecule has 1 aliphatic heterocycles. The van der Waals surface area contributed by atoms with E-state index >= 15 is 0 Å². The van der Waals surface area contributed by atoms with Crippen LogP contribution in [0.25, 0.3) is 0 Å². The number of Topliss-reactive ketones (excluding diaryl/α,β-unsaturated/α-hetero) is 1. The van der Waals surface area contributed by atoms with Crippen molar-refractivity contribution in [2.45, 2.75) is 58.2 Å². The molecular weight excluding hydrogens is 330 g/mol. The normalized spacial score (nSPS) is 45.2. The maximum atomic E-state index is 13.4. The lowest BCUT2D eigenvalue weighted by Crippen LogP contribution is -2.54. The second-order valence-corrected chi connectivity index (χ2v) is 9.07. The third-order valence-electron chi connectivity index (χ3n) is 7.05. The van der Waals surface area contributed by atoms with Crippen LogP contribution in [0.3, 0.4) is 0 Å². The van der Waals surface area contributed by atoms with Crippen LogP contribution >= 0.6 is 15.9 Å². The van der Waals surface area contributed by atoms with Gasteiger partial charge in [-0.2, -0.15) is 0 Å². The van der Waals surface area contributed by atoms with E-state index in [1.807, 2.05) is 4.90 Å². The molecule has 0 spiro atoms. The number of amides is 1. The molecule has 4 unspecified atom stereocenters. The Morgan fingerprint density at radius 3 is 2.48 bits per heavy atom. The second kappa shape index (κ2) is 4.56. The summed E-state index contributed by atoms with van der Waals surface area (Å²) >= 11 is 3.61. The van der Waals surface area contributed by atoms with Crippen LogP contribution in [0.2, 0.25) is 0 Å².